The van der Waals surface area contributed by atoms with Gasteiger partial charge in [-0.05, 0) is 67.1 Å². The van der Waals surface area contributed by atoms with Gasteiger partial charge in [-0.1, -0.05) is 12.2 Å². The average Bonchev–Trinajstić information content (AvgIpc) is 3.22. The van der Waals surface area contributed by atoms with Gasteiger partial charge in [-0.15, -0.1) is 0 Å². The van der Waals surface area contributed by atoms with Crippen LogP contribution in [0.5, 0.6) is 0 Å². The summed E-state index contributed by atoms with van der Waals surface area (Å²) in [5.41, 5.74) is 0. The Bertz CT molecular complexity index is 490. The predicted molar refractivity (Wildman–Crippen MR) is 72.5 cm³/mol. The van der Waals surface area contributed by atoms with Crippen molar-refractivity contribution in [2.75, 3.05) is 6.61 Å². The molecular weight excluding hydrogens is 479 g/mol. The van der Waals surface area contributed by atoms with Crippen LogP contribution in [0.15, 0.2) is 12.2 Å². The van der Waals surface area contributed by atoms with Crippen molar-refractivity contribution in [1.82, 2.24) is 0 Å². The van der Waals surface area contributed by atoms with E-state index in [-0.39, 0.29) is 55.9 Å². The summed E-state index contributed by atoms with van der Waals surface area (Å²) in [4.78, 5) is 11.7. The van der Waals surface area contributed by atoms with Crippen LogP contribution < -0.4 is 0 Å². The number of esters is 1. The Morgan fingerprint density at radius 2 is 1.90 bits per heavy atom. The number of hydrogen-bond acceptors (Lipinski definition) is 3. The number of fused-ring (bicyclic) bond motifs is 9. The Kier molecular flexibility index (Phi) is 3.84. The first-order chi connectivity index (χ1) is 9.74. The predicted octanol–water partition coefficient (Wildman–Crippen LogP) is 2.00. The maximum Gasteiger partial charge on any atom is 0.311 e. The van der Waals surface area contributed by atoms with Gasteiger partial charge in [0.15, 0.2) is 0 Å². The smallest absolute Gasteiger partial charge is 0.311 e. The topological polar surface area (TPSA) is 46.5 Å². The van der Waals surface area contributed by atoms with Gasteiger partial charge in [-0.25, -0.2) is 0 Å². The van der Waals surface area contributed by atoms with Gasteiger partial charge in [-0.2, -0.15) is 0 Å². The molecule has 111 valence electrons. The normalized spacial score (nSPS) is 53.7. The van der Waals surface area contributed by atoms with E-state index in [4.69, 9.17) is 4.74 Å². The molecule has 0 aromatic rings. The van der Waals surface area contributed by atoms with E-state index in [9.17, 15) is 9.90 Å². The molecule has 1 aliphatic heterocycles. The van der Waals surface area contributed by atoms with Crippen LogP contribution in [-0.4, -0.2) is 23.8 Å². The molecule has 5 aliphatic rings. The minimum atomic E-state index is -0.455. The largest absolute Gasteiger partial charge is 0.465 e. The summed E-state index contributed by atoms with van der Waals surface area (Å²) in [6, 6.07) is 0. The molecule has 1 saturated heterocycles. The van der Waals surface area contributed by atoms with Gasteiger partial charge in [0.05, 0.1) is 18.6 Å². The van der Waals surface area contributed by atoms with Crippen molar-refractivity contribution in [2.45, 2.75) is 31.8 Å². The van der Waals surface area contributed by atoms with Crippen molar-refractivity contribution in [3.63, 3.8) is 0 Å². The van der Waals surface area contributed by atoms with E-state index in [2.05, 4.69) is 12.2 Å². The molecule has 21 heavy (non-hydrogen) atoms. The maximum atomic E-state index is 11.7. The van der Waals surface area contributed by atoms with Crippen LogP contribution in [0.25, 0.3) is 0 Å². The molecule has 0 aromatic heterocycles. The van der Waals surface area contributed by atoms with E-state index in [1.807, 2.05) is 0 Å². The molecule has 9 unspecified atom stereocenters. The number of carbonyl (C=O) groups is 1. The second-order valence-corrected chi connectivity index (χ2v) is 7.72. The Hall–Kier alpha value is 0.612. The van der Waals surface area contributed by atoms with Crippen LogP contribution in [-0.2, 0) is 9.53 Å². The molecule has 0 amide bonds. The summed E-state index contributed by atoms with van der Waals surface area (Å²) in [6.07, 6.45) is 8.95. The molecular formula is C17H22AcO3. The molecule has 3 saturated carbocycles. The van der Waals surface area contributed by atoms with Gasteiger partial charge in [0.25, 0.3) is 0 Å². The number of aliphatic hydroxyl groups is 1. The SMILES string of the molecule is O=C1OCCC1C(O)C1CC2CC1C1C3C=CC(C3)C21.[Ac]. The van der Waals surface area contributed by atoms with Gasteiger partial charge in [0.1, 0.15) is 0 Å². The Labute approximate surface area is 161 Å². The van der Waals surface area contributed by atoms with E-state index >= 15 is 0 Å². The van der Waals surface area contributed by atoms with Gasteiger partial charge in [-0.3, -0.25) is 4.79 Å². The third kappa shape index (κ3) is 2.01. The van der Waals surface area contributed by atoms with Crippen molar-refractivity contribution in [3.8, 4) is 0 Å². The van der Waals surface area contributed by atoms with Gasteiger partial charge < -0.3 is 9.84 Å². The minimum Gasteiger partial charge on any atom is -0.465 e. The monoisotopic (exact) mass is 501 g/mol. The molecule has 0 spiro atoms. The number of ether oxygens (including phenoxy) is 1. The molecule has 4 bridgehead atoms. The van der Waals surface area contributed by atoms with Gasteiger partial charge in [0.2, 0.25) is 0 Å². The van der Waals surface area contributed by atoms with Crippen molar-refractivity contribution in [2.24, 2.45) is 47.3 Å². The van der Waals surface area contributed by atoms with E-state index in [1.54, 1.807) is 0 Å². The van der Waals surface area contributed by atoms with Crippen LogP contribution in [0, 0.1) is 91.4 Å². The quantitative estimate of drug-likeness (QED) is 0.358. The molecule has 3 nitrogen and oxygen atoms in total. The van der Waals surface area contributed by atoms with E-state index in [0.29, 0.717) is 24.9 Å². The van der Waals surface area contributed by atoms with Crippen molar-refractivity contribution in [1.29, 1.82) is 0 Å². The fraction of sp³-hybridized carbons (Fsp3) is 0.824. The zero-order chi connectivity index (χ0) is 13.4. The zero-order valence-electron chi connectivity index (χ0n) is 12.2. The molecule has 9 atom stereocenters. The summed E-state index contributed by atoms with van der Waals surface area (Å²) in [5.74, 6) is 4.71. The standard InChI is InChI=1S/C17H22O3.Ac/c18-16(11-3-4-20-17(11)19)13-7-10-6-12(13)15-9-2-1-8(5-9)14(10)15;/h1-2,8-16,18H,3-7H2;. The first-order valence-corrected chi connectivity index (χ1v) is 8.27. The van der Waals surface area contributed by atoms with E-state index in [1.165, 1.54) is 12.8 Å². The Balaban J connectivity index is 0.00000115. The second kappa shape index (κ2) is 5.32. The molecule has 5 rings (SSSR count). The van der Waals surface area contributed by atoms with E-state index in [0.717, 1.165) is 36.0 Å². The molecule has 4 heteroatoms. The second-order valence-electron chi connectivity index (χ2n) is 7.72. The van der Waals surface area contributed by atoms with Gasteiger partial charge >= 0.3 is 5.97 Å². The summed E-state index contributed by atoms with van der Waals surface area (Å²) in [6.45, 7) is 0.501. The Morgan fingerprint density at radius 3 is 2.62 bits per heavy atom. The zero-order valence-corrected chi connectivity index (χ0v) is 17.0. The molecule has 1 N–H and O–H groups in total. The molecule has 4 aliphatic carbocycles. The maximum absolute atomic E-state index is 11.7. The molecule has 0 aromatic carbocycles. The van der Waals surface area contributed by atoms with Gasteiger partial charge in [0, 0.05) is 44.1 Å². The average molecular weight is 501 g/mol. The number of allylic oxidation sites excluding steroid dienone is 2. The molecule has 1 radical (unpaired) electrons. The van der Waals surface area contributed by atoms with Crippen LogP contribution in [0.3, 0.4) is 0 Å². The van der Waals surface area contributed by atoms with Crippen LogP contribution in [0.1, 0.15) is 25.7 Å². The van der Waals surface area contributed by atoms with Crippen LogP contribution in [0.2, 0.25) is 0 Å². The third-order valence-electron chi connectivity index (χ3n) is 7.15. The van der Waals surface area contributed by atoms with E-state index < -0.39 is 6.10 Å². The first kappa shape index (κ1) is 15.2. The summed E-state index contributed by atoms with van der Waals surface area (Å²) in [7, 11) is 0. The number of carbonyl (C=O) groups excluding carboxylic acids is 1. The summed E-state index contributed by atoms with van der Waals surface area (Å²) in [5, 5.41) is 10.7. The first-order valence-electron chi connectivity index (χ1n) is 8.27. The fourth-order valence-electron chi connectivity index (χ4n) is 6.58. The number of aliphatic hydroxyl groups excluding tert-OH is 1. The summed E-state index contributed by atoms with van der Waals surface area (Å²) >= 11 is 0. The number of cyclic esters (lactones) is 1. The fourth-order valence-corrected chi connectivity index (χ4v) is 6.58. The molecule has 4 fully saturated rings. The van der Waals surface area contributed by atoms with Crippen molar-refractivity contribution >= 4 is 5.97 Å². The number of hydrogen-bond donors (Lipinski definition) is 1. The third-order valence-corrected chi connectivity index (χ3v) is 7.15. The Morgan fingerprint density at radius 1 is 1.14 bits per heavy atom. The van der Waals surface area contributed by atoms with Crippen LogP contribution >= 0.6 is 0 Å². The minimum absolute atomic E-state index is 0. The number of rotatable bonds is 2. The van der Waals surface area contributed by atoms with Crippen molar-refractivity contribution < 1.29 is 58.7 Å². The summed E-state index contributed by atoms with van der Waals surface area (Å²) < 4.78 is 5.05. The van der Waals surface area contributed by atoms with Crippen molar-refractivity contribution in [3.05, 3.63) is 12.2 Å². The molecule has 1 heterocycles. The van der Waals surface area contributed by atoms with Crippen LogP contribution in [0.4, 0.5) is 0 Å².